The molecule has 4 bridgehead atoms. The highest BCUT2D eigenvalue weighted by atomic mass is 32.3. The molecule has 0 aromatic heterocycles. The molecule has 0 aliphatic carbocycles. The number of thioether (sulfide) groups is 4. The highest BCUT2D eigenvalue weighted by molar-refractivity contribution is 8.42. The van der Waals surface area contributed by atoms with Gasteiger partial charge in [-0.05, 0) is 12.8 Å². The second-order valence-corrected chi connectivity index (χ2v) is 10.8. The van der Waals surface area contributed by atoms with E-state index < -0.39 is 0 Å². The summed E-state index contributed by atoms with van der Waals surface area (Å²) in [4.78, 5) is 0. The van der Waals surface area contributed by atoms with Crippen LogP contribution in [0, 0.1) is 0 Å². The quantitative estimate of drug-likeness (QED) is 0.615. The van der Waals surface area contributed by atoms with E-state index in [4.69, 9.17) is 0 Å². The first-order valence-corrected chi connectivity index (χ1v) is 7.59. The van der Waals surface area contributed by atoms with Crippen LogP contribution in [0.25, 0.3) is 0 Å². The Morgan fingerprint density at radius 2 is 1.73 bits per heavy atom. The van der Waals surface area contributed by atoms with Crippen LogP contribution in [0.1, 0.15) is 19.8 Å². The summed E-state index contributed by atoms with van der Waals surface area (Å²) in [6.07, 6.45) is 2.89. The lowest BCUT2D eigenvalue weighted by Crippen LogP contribution is -2.43. The molecule has 2 unspecified atom stereocenters. The molecule has 4 aliphatic rings. The molecular weight excluding hydrogens is 212 g/mol. The number of rotatable bonds is 0. The van der Waals surface area contributed by atoms with Crippen molar-refractivity contribution in [2.75, 3.05) is 0 Å². The monoisotopic (exact) mass is 222 g/mol. The van der Waals surface area contributed by atoms with E-state index in [0.29, 0.717) is 4.75 Å². The maximum atomic E-state index is 2.46. The van der Waals surface area contributed by atoms with Crippen molar-refractivity contribution in [2.24, 2.45) is 0 Å². The molecule has 0 aromatic carbocycles. The molecule has 0 amide bonds. The molecule has 4 fully saturated rings. The van der Waals surface area contributed by atoms with Gasteiger partial charge in [-0.1, -0.05) is 6.92 Å². The second kappa shape index (κ2) is 2.46. The Balaban J connectivity index is 1.94. The van der Waals surface area contributed by atoms with E-state index in [9.17, 15) is 0 Å². The van der Waals surface area contributed by atoms with Gasteiger partial charge in [-0.2, -0.15) is 0 Å². The molecule has 0 spiro atoms. The van der Waals surface area contributed by atoms with E-state index in [-0.39, 0.29) is 0 Å². The van der Waals surface area contributed by atoms with Crippen molar-refractivity contribution < 1.29 is 0 Å². The van der Waals surface area contributed by atoms with Crippen molar-refractivity contribution >= 4 is 47.0 Å². The fourth-order valence-corrected chi connectivity index (χ4v) is 12.7. The van der Waals surface area contributed by atoms with Crippen LogP contribution in [0.3, 0.4) is 0 Å². The highest BCUT2D eigenvalue weighted by Gasteiger charge is 2.50. The second-order valence-electron chi connectivity index (χ2n) is 3.53. The van der Waals surface area contributed by atoms with Crippen molar-refractivity contribution in [3.05, 3.63) is 0 Å². The van der Waals surface area contributed by atoms with Crippen LogP contribution in [0.4, 0.5) is 0 Å². The molecule has 0 N–H and O–H groups in total. The summed E-state index contributed by atoms with van der Waals surface area (Å²) in [6.45, 7) is 2.46. The SMILES string of the molecule is CC12CC3SC(C1)SC(S3)S2. The molecule has 2 atom stereocenters. The molecule has 4 heterocycles. The molecule has 4 rings (SSSR count). The van der Waals surface area contributed by atoms with Crippen molar-refractivity contribution in [1.29, 1.82) is 0 Å². The molecule has 0 aromatic rings. The fourth-order valence-electron chi connectivity index (χ4n) is 1.88. The molecule has 11 heavy (non-hydrogen) atoms. The highest BCUT2D eigenvalue weighted by Crippen LogP contribution is 2.68. The van der Waals surface area contributed by atoms with Crippen molar-refractivity contribution in [3.8, 4) is 0 Å². The zero-order chi connectivity index (χ0) is 7.47. The van der Waals surface area contributed by atoms with Crippen LogP contribution in [0.15, 0.2) is 0 Å². The molecule has 4 aliphatic heterocycles. The number of hydrogen-bond acceptors (Lipinski definition) is 4. The lowest BCUT2D eigenvalue weighted by Gasteiger charge is -2.53. The van der Waals surface area contributed by atoms with Gasteiger partial charge >= 0.3 is 0 Å². The zero-order valence-electron chi connectivity index (χ0n) is 6.28. The normalized spacial score (nSPS) is 60.3. The van der Waals surface area contributed by atoms with Crippen LogP contribution >= 0.6 is 47.0 Å². The standard InChI is InChI=1S/C7H10S4/c1-7-2-4-8-5(3-7)10-6(9-4)11-7/h4-6H,2-3H2,1H3. The van der Waals surface area contributed by atoms with Gasteiger partial charge in [0, 0.05) is 4.75 Å². The van der Waals surface area contributed by atoms with Gasteiger partial charge in [0.25, 0.3) is 0 Å². The van der Waals surface area contributed by atoms with Crippen LogP contribution in [-0.4, -0.2) is 17.8 Å². The summed E-state index contributed by atoms with van der Waals surface area (Å²) in [6, 6.07) is 0. The van der Waals surface area contributed by atoms with Crippen LogP contribution in [-0.2, 0) is 0 Å². The average molecular weight is 222 g/mol. The predicted octanol–water partition coefficient (Wildman–Crippen LogP) is 3.43. The smallest absolute Gasteiger partial charge is 0.0983 e. The first kappa shape index (κ1) is 7.77. The van der Waals surface area contributed by atoms with E-state index in [0.717, 1.165) is 13.1 Å². The molecular formula is C7H10S4. The van der Waals surface area contributed by atoms with Gasteiger partial charge in [0.05, 0.1) is 13.1 Å². The van der Waals surface area contributed by atoms with Crippen molar-refractivity contribution in [1.82, 2.24) is 0 Å². The van der Waals surface area contributed by atoms with E-state index in [1.807, 2.05) is 0 Å². The van der Waals surface area contributed by atoms with Gasteiger partial charge in [-0.3, -0.25) is 0 Å². The number of hydrogen-bond donors (Lipinski definition) is 0. The van der Waals surface area contributed by atoms with Gasteiger partial charge in [-0.15, -0.1) is 47.0 Å². The van der Waals surface area contributed by atoms with E-state index in [2.05, 4.69) is 54.0 Å². The maximum absolute atomic E-state index is 2.46. The Kier molecular flexibility index (Phi) is 1.74. The lowest BCUT2D eigenvalue weighted by molar-refractivity contribution is 0.566. The minimum Gasteiger partial charge on any atom is -0.133 e. The molecule has 4 heteroatoms. The molecule has 62 valence electrons. The first-order chi connectivity index (χ1) is 5.23. The van der Waals surface area contributed by atoms with Crippen LogP contribution in [0.2, 0.25) is 0 Å². The third-order valence-corrected chi connectivity index (χ3v) is 9.07. The molecule has 0 saturated carbocycles. The Labute approximate surface area is 84.4 Å². The summed E-state index contributed by atoms with van der Waals surface area (Å²) in [5.74, 6) is 0. The molecule has 0 radical (unpaired) electrons. The van der Waals surface area contributed by atoms with Gasteiger partial charge in [0.2, 0.25) is 0 Å². The van der Waals surface area contributed by atoms with E-state index in [1.165, 1.54) is 12.8 Å². The lowest BCUT2D eigenvalue weighted by atomic mass is 10.0. The minimum absolute atomic E-state index is 0.655. The van der Waals surface area contributed by atoms with Crippen LogP contribution < -0.4 is 0 Å². The summed E-state index contributed by atoms with van der Waals surface area (Å²) in [5, 5.41) is 0. The third-order valence-electron chi connectivity index (χ3n) is 2.41. The summed E-state index contributed by atoms with van der Waals surface area (Å²) in [7, 11) is 0. The third kappa shape index (κ3) is 1.25. The predicted molar refractivity (Wildman–Crippen MR) is 59.4 cm³/mol. The molecule has 4 saturated heterocycles. The van der Waals surface area contributed by atoms with Gasteiger partial charge in [-0.25, -0.2) is 0 Å². The van der Waals surface area contributed by atoms with Crippen molar-refractivity contribution in [3.63, 3.8) is 0 Å². The molecule has 0 nitrogen and oxygen atoms in total. The van der Waals surface area contributed by atoms with Crippen LogP contribution in [0.5, 0.6) is 0 Å². The Hall–Kier alpha value is 1.40. The van der Waals surface area contributed by atoms with E-state index in [1.54, 1.807) is 0 Å². The van der Waals surface area contributed by atoms with Gasteiger partial charge < -0.3 is 0 Å². The topological polar surface area (TPSA) is 0 Å². The maximum Gasteiger partial charge on any atom is 0.0983 e. The Morgan fingerprint density at radius 3 is 2.18 bits per heavy atom. The summed E-state index contributed by atoms with van der Waals surface area (Å²) < 4.78 is 3.40. The summed E-state index contributed by atoms with van der Waals surface area (Å²) in [5.41, 5.74) is 0. The van der Waals surface area contributed by atoms with Gasteiger partial charge in [0.15, 0.2) is 0 Å². The van der Waals surface area contributed by atoms with E-state index >= 15 is 0 Å². The Bertz CT molecular complexity index is 156. The van der Waals surface area contributed by atoms with Crippen molar-refractivity contribution in [2.45, 2.75) is 37.6 Å². The zero-order valence-corrected chi connectivity index (χ0v) is 9.55. The van der Waals surface area contributed by atoms with Gasteiger partial charge in [0.1, 0.15) is 0 Å². The Morgan fingerprint density at radius 1 is 1.09 bits per heavy atom. The average Bonchev–Trinajstić information content (AvgIpc) is 1.79. The minimum atomic E-state index is 0.655. The largest absolute Gasteiger partial charge is 0.133 e. The first-order valence-electron chi connectivity index (χ1n) is 3.88. The fraction of sp³-hybridized carbons (Fsp3) is 1.00. The summed E-state index contributed by atoms with van der Waals surface area (Å²) >= 11 is 8.83.